The van der Waals surface area contributed by atoms with Crippen LogP contribution in [0.3, 0.4) is 0 Å². The van der Waals surface area contributed by atoms with Gasteiger partial charge in [-0.2, -0.15) is 26.3 Å². The summed E-state index contributed by atoms with van der Waals surface area (Å²) in [4.78, 5) is 12.0. The topological polar surface area (TPSA) is 39.4 Å². The number of hydrogen-bond donors (Lipinski definition) is 0. The van der Waals surface area contributed by atoms with Crippen molar-refractivity contribution in [3.63, 3.8) is 0 Å². The Morgan fingerprint density at radius 3 is 2.44 bits per heavy atom. The van der Waals surface area contributed by atoms with E-state index >= 15 is 0 Å². The van der Waals surface area contributed by atoms with Crippen molar-refractivity contribution in [1.29, 1.82) is 0 Å². The van der Waals surface area contributed by atoms with Crippen LogP contribution in [0.4, 0.5) is 26.3 Å². The van der Waals surface area contributed by atoms with Crippen LogP contribution in [-0.2, 0) is 22.3 Å². The maximum atomic E-state index is 12.7. The summed E-state index contributed by atoms with van der Waals surface area (Å²) >= 11 is 5.17. The van der Waals surface area contributed by atoms with Gasteiger partial charge in [0.2, 0.25) is 5.76 Å². The number of alkyl halides is 6. The van der Waals surface area contributed by atoms with Crippen molar-refractivity contribution in [3.8, 4) is 0 Å². The highest BCUT2D eigenvalue weighted by Gasteiger charge is 2.62. The third kappa shape index (κ3) is 4.13. The minimum atomic E-state index is -4.74. The summed E-state index contributed by atoms with van der Waals surface area (Å²) in [5.74, 6) is -3.93. The molecule has 1 heterocycles. The van der Waals surface area contributed by atoms with Crippen LogP contribution in [0.25, 0.3) is 0 Å². The lowest BCUT2D eigenvalue weighted by atomic mass is 10.1. The van der Waals surface area contributed by atoms with Crippen LogP contribution < -0.4 is 0 Å². The standard InChI is InChI=1S/C15H13ClF6O3/c1-13(2)8(5-9(16)14(17,18)19)10(13)12(23)25-6-7-3-4-24-11(7)15(20,21)22/h3-5,8,10H,6H2,1-2H3/t8-,10-/m0/s1. The van der Waals surface area contributed by atoms with Crippen LogP contribution in [0, 0.1) is 17.3 Å². The van der Waals surface area contributed by atoms with Crippen LogP contribution in [-0.4, -0.2) is 12.1 Å². The molecule has 2 rings (SSSR count). The summed E-state index contributed by atoms with van der Waals surface area (Å²) in [6.45, 7) is 2.39. The lowest BCUT2D eigenvalue weighted by Gasteiger charge is -2.08. The summed E-state index contributed by atoms with van der Waals surface area (Å²) in [7, 11) is 0. The predicted octanol–water partition coefficient (Wildman–Crippen LogP) is 5.30. The number of allylic oxidation sites excluding steroid dienone is 2. The summed E-state index contributed by atoms with van der Waals surface area (Å²) in [6, 6.07) is 1.01. The van der Waals surface area contributed by atoms with Gasteiger partial charge in [0.1, 0.15) is 11.6 Å². The highest BCUT2D eigenvalue weighted by atomic mass is 35.5. The van der Waals surface area contributed by atoms with Crippen molar-refractivity contribution in [1.82, 2.24) is 0 Å². The van der Waals surface area contributed by atoms with Gasteiger partial charge in [0.25, 0.3) is 0 Å². The SMILES string of the molecule is CC1(C)[C@H](C(=O)OCc2ccoc2C(F)(F)F)[C@@H]1C=C(Cl)C(F)(F)F. The molecule has 0 aromatic carbocycles. The molecule has 0 bridgehead atoms. The van der Waals surface area contributed by atoms with E-state index < -0.39 is 53.0 Å². The van der Waals surface area contributed by atoms with E-state index in [0.717, 1.165) is 18.4 Å². The second-order valence-electron chi connectivity index (χ2n) is 6.22. The fourth-order valence-electron chi connectivity index (χ4n) is 2.63. The third-order valence-corrected chi connectivity index (χ3v) is 4.48. The van der Waals surface area contributed by atoms with Crippen LogP contribution in [0.1, 0.15) is 25.2 Å². The molecule has 0 N–H and O–H groups in total. The normalized spacial score (nSPS) is 23.5. The quantitative estimate of drug-likeness (QED) is 0.517. The highest BCUT2D eigenvalue weighted by molar-refractivity contribution is 6.30. The second-order valence-corrected chi connectivity index (χ2v) is 6.62. The first-order chi connectivity index (χ1) is 11.3. The Kier molecular flexibility index (Phi) is 4.93. The number of halogens is 7. The molecule has 140 valence electrons. The van der Waals surface area contributed by atoms with E-state index in [1.165, 1.54) is 0 Å². The van der Waals surface area contributed by atoms with Crippen molar-refractivity contribution in [2.45, 2.75) is 32.8 Å². The summed E-state index contributed by atoms with van der Waals surface area (Å²) in [5, 5.41) is -1.35. The van der Waals surface area contributed by atoms with Gasteiger partial charge in [0.15, 0.2) is 0 Å². The molecule has 1 aliphatic rings. The zero-order valence-electron chi connectivity index (χ0n) is 13.0. The van der Waals surface area contributed by atoms with E-state index in [0.29, 0.717) is 0 Å². The first-order valence-corrected chi connectivity index (χ1v) is 7.38. The highest BCUT2D eigenvalue weighted by Crippen LogP contribution is 2.60. The molecule has 0 saturated heterocycles. The number of hydrogen-bond acceptors (Lipinski definition) is 3. The number of ether oxygens (including phenoxy) is 1. The third-order valence-electron chi connectivity index (χ3n) is 4.14. The summed E-state index contributed by atoms with van der Waals surface area (Å²) in [6.07, 6.45) is -7.93. The lowest BCUT2D eigenvalue weighted by Crippen LogP contribution is -2.13. The minimum Gasteiger partial charge on any atom is -0.460 e. The smallest absolute Gasteiger partial charge is 0.449 e. The molecule has 3 nitrogen and oxygen atoms in total. The molecule has 0 radical (unpaired) electrons. The minimum absolute atomic E-state index is 0.375. The molecule has 0 amide bonds. The number of rotatable bonds is 4. The second kappa shape index (κ2) is 6.26. The number of carbonyl (C=O) groups is 1. The number of esters is 1. The zero-order chi connectivity index (χ0) is 19.2. The lowest BCUT2D eigenvalue weighted by molar-refractivity contribution is -0.157. The van der Waals surface area contributed by atoms with Crippen molar-refractivity contribution in [2.24, 2.45) is 17.3 Å². The predicted molar refractivity (Wildman–Crippen MR) is 74.3 cm³/mol. The van der Waals surface area contributed by atoms with Gasteiger partial charge in [-0.25, -0.2) is 0 Å². The van der Waals surface area contributed by atoms with Gasteiger partial charge in [0.05, 0.1) is 12.2 Å². The molecule has 0 spiro atoms. The number of carbonyl (C=O) groups excluding carboxylic acids is 1. The average molecular weight is 391 g/mol. The van der Waals surface area contributed by atoms with Gasteiger partial charge < -0.3 is 9.15 Å². The average Bonchev–Trinajstić information content (AvgIpc) is 2.83. The van der Waals surface area contributed by atoms with E-state index in [-0.39, 0.29) is 5.56 Å². The van der Waals surface area contributed by atoms with E-state index in [4.69, 9.17) is 16.3 Å². The molecule has 0 unspecified atom stereocenters. The monoisotopic (exact) mass is 390 g/mol. The van der Waals surface area contributed by atoms with Crippen molar-refractivity contribution >= 4 is 17.6 Å². The maximum Gasteiger partial charge on any atom is 0.449 e. The Morgan fingerprint density at radius 2 is 1.92 bits per heavy atom. The first-order valence-electron chi connectivity index (χ1n) is 7.01. The van der Waals surface area contributed by atoms with Crippen molar-refractivity contribution in [3.05, 3.63) is 34.8 Å². The molecule has 1 saturated carbocycles. The van der Waals surface area contributed by atoms with Gasteiger partial charge in [-0.3, -0.25) is 4.79 Å². The molecule has 25 heavy (non-hydrogen) atoms. The van der Waals surface area contributed by atoms with Crippen LogP contribution >= 0.6 is 11.6 Å². The van der Waals surface area contributed by atoms with Crippen LogP contribution in [0.5, 0.6) is 0 Å². The molecular formula is C15H13ClF6O3. The summed E-state index contributed by atoms with van der Waals surface area (Å²) in [5.41, 5.74) is -1.22. The largest absolute Gasteiger partial charge is 0.460 e. The molecule has 10 heteroatoms. The molecule has 1 aromatic rings. The Labute approximate surface area is 143 Å². The zero-order valence-corrected chi connectivity index (χ0v) is 13.7. The fourth-order valence-corrected chi connectivity index (χ4v) is 2.76. The van der Waals surface area contributed by atoms with Gasteiger partial charge >= 0.3 is 18.3 Å². The summed E-state index contributed by atoms with van der Waals surface area (Å²) < 4.78 is 84.5. The van der Waals surface area contributed by atoms with E-state index in [1.807, 2.05) is 0 Å². The first kappa shape index (κ1) is 19.7. The Balaban J connectivity index is 2.04. The number of furan rings is 1. The molecule has 0 aliphatic heterocycles. The molecule has 2 atom stereocenters. The van der Waals surface area contributed by atoms with Gasteiger partial charge in [0, 0.05) is 5.56 Å². The Morgan fingerprint density at radius 1 is 1.32 bits per heavy atom. The van der Waals surface area contributed by atoms with E-state index in [1.54, 1.807) is 13.8 Å². The molecule has 1 fully saturated rings. The van der Waals surface area contributed by atoms with E-state index in [9.17, 15) is 31.1 Å². The molecule has 1 aliphatic carbocycles. The van der Waals surface area contributed by atoms with Crippen molar-refractivity contribution in [2.75, 3.05) is 0 Å². The van der Waals surface area contributed by atoms with E-state index in [2.05, 4.69) is 4.42 Å². The Hall–Kier alpha value is -1.64. The maximum absolute atomic E-state index is 12.7. The van der Waals surface area contributed by atoms with Crippen LogP contribution in [0.2, 0.25) is 0 Å². The molecule has 1 aromatic heterocycles. The van der Waals surface area contributed by atoms with Gasteiger partial charge in [-0.1, -0.05) is 31.5 Å². The fraction of sp³-hybridized carbons (Fsp3) is 0.533. The molecular weight excluding hydrogens is 378 g/mol. The van der Waals surface area contributed by atoms with Gasteiger partial charge in [-0.05, 0) is 17.4 Å². The van der Waals surface area contributed by atoms with Gasteiger partial charge in [-0.15, -0.1) is 0 Å². The van der Waals surface area contributed by atoms with Crippen LogP contribution in [0.15, 0.2) is 27.9 Å². The van der Waals surface area contributed by atoms with Crippen molar-refractivity contribution < 1.29 is 40.3 Å². The Bertz CT molecular complexity index is 686.